The van der Waals surface area contributed by atoms with E-state index in [1.807, 2.05) is 18.2 Å². The van der Waals surface area contributed by atoms with E-state index in [2.05, 4.69) is 186 Å². The molecule has 1 aliphatic heterocycles. The first-order valence-electron chi connectivity index (χ1n) is 21.3. The highest BCUT2D eigenvalue weighted by atomic mass is 16.3. The quantitative estimate of drug-likeness (QED) is 0.193. The van der Waals surface area contributed by atoms with Gasteiger partial charge in [0, 0.05) is 60.5 Å². The molecule has 0 fully saturated rings. The number of fused-ring (bicyclic) bond motifs is 13. The lowest BCUT2D eigenvalue weighted by Gasteiger charge is -2.25. The maximum absolute atomic E-state index is 7.05. The van der Waals surface area contributed by atoms with Crippen LogP contribution in [0.25, 0.3) is 104 Å². The van der Waals surface area contributed by atoms with Crippen LogP contribution in [0.2, 0.25) is 0 Å². The molecule has 6 nitrogen and oxygen atoms in total. The number of amidine groups is 2. The lowest BCUT2D eigenvalue weighted by Crippen LogP contribution is -2.34. The normalized spacial score (nSPS) is 14.5. The summed E-state index contributed by atoms with van der Waals surface area (Å²) in [7, 11) is 0. The molecular formula is C57H34N4O2. The molecule has 0 aliphatic carbocycles. The van der Waals surface area contributed by atoms with Gasteiger partial charge in [0.1, 0.15) is 34.3 Å². The summed E-state index contributed by atoms with van der Waals surface area (Å²) < 4.78 is 15.8. The highest BCUT2D eigenvalue weighted by molar-refractivity contribution is 6.25. The minimum absolute atomic E-state index is 0.456. The molecule has 1 N–H and O–H groups in total. The highest BCUT2D eigenvalue weighted by Crippen LogP contribution is 2.41. The molecular weight excluding hydrogens is 773 g/mol. The number of aliphatic imine (C=N–C) groups is 2. The SMILES string of the molecule is c1ccc2cc3c(cc2c1)c1ccccc1n3-c1cc(C2=NC(c3ccc4c(c3)oc3ccccc34)=NC(c3cccc4ccccc34)N2)c2c(c1)oc1c3ccccc3ccc12. The molecule has 0 saturated carbocycles. The van der Waals surface area contributed by atoms with E-state index in [4.69, 9.17) is 18.8 Å². The van der Waals surface area contributed by atoms with Crippen molar-refractivity contribution in [1.82, 2.24) is 9.88 Å². The Bertz CT molecular complexity index is 4140. The van der Waals surface area contributed by atoms with Crippen LogP contribution < -0.4 is 5.32 Å². The summed E-state index contributed by atoms with van der Waals surface area (Å²) in [6, 6.07) is 68.6. The van der Waals surface area contributed by atoms with E-state index in [9.17, 15) is 0 Å². The Morgan fingerprint density at radius 3 is 2.00 bits per heavy atom. The van der Waals surface area contributed by atoms with E-state index in [0.29, 0.717) is 11.7 Å². The largest absolute Gasteiger partial charge is 0.456 e. The number of nitrogens with one attached hydrogen (secondary N) is 1. The molecule has 13 aromatic rings. The molecule has 1 atom stereocenters. The smallest absolute Gasteiger partial charge is 0.159 e. The standard InChI is InChI=1S/C57H34N4O2/c1-2-15-36-29-49-46(28-35(36)14-1)41-19-7-9-22-48(41)61(49)38-31-47(53-45-27-24-34-13-4-6-18-40(34)54(45)63-52(53)32-38)57-59-55(37-25-26-43-42-20-8-10-23-50(42)62-51(43)30-37)58-56(60-57)44-21-11-16-33-12-3-5-17-39(33)44/h1-32,56H,(H,58,59,60). The third-order valence-electron chi connectivity index (χ3n) is 13.0. The van der Waals surface area contributed by atoms with E-state index >= 15 is 0 Å². The number of hydrogen-bond acceptors (Lipinski definition) is 5. The Morgan fingerprint density at radius 2 is 1.13 bits per heavy atom. The van der Waals surface area contributed by atoms with Gasteiger partial charge >= 0.3 is 0 Å². The molecule has 294 valence electrons. The lowest BCUT2D eigenvalue weighted by atomic mass is 9.99. The van der Waals surface area contributed by atoms with Crippen molar-refractivity contribution in [2.24, 2.45) is 9.98 Å². The lowest BCUT2D eigenvalue weighted by molar-refractivity contribution is 0.668. The van der Waals surface area contributed by atoms with Crippen molar-refractivity contribution in [2.75, 3.05) is 0 Å². The van der Waals surface area contributed by atoms with Crippen molar-refractivity contribution in [2.45, 2.75) is 6.17 Å². The van der Waals surface area contributed by atoms with E-state index in [1.54, 1.807) is 0 Å². The molecule has 0 spiro atoms. The van der Waals surface area contributed by atoms with Gasteiger partial charge in [-0.1, -0.05) is 140 Å². The first-order valence-corrected chi connectivity index (χ1v) is 21.3. The van der Waals surface area contributed by atoms with Gasteiger partial charge in [-0.3, -0.25) is 0 Å². The third-order valence-corrected chi connectivity index (χ3v) is 13.0. The molecule has 1 aliphatic rings. The monoisotopic (exact) mass is 806 g/mol. The zero-order chi connectivity index (χ0) is 41.2. The second-order valence-electron chi connectivity index (χ2n) is 16.5. The second-order valence-corrected chi connectivity index (χ2v) is 16.5. The van der Waals surface area contributed by atoms with Gasteiger partial charge in [0.05, 0.1) is 16.7 Å². The maximum atomic E-state index is 7.05. The van der Waals surface area contributed by atoms with Crippen molar-refractivity contribution in [1.29, 1.82) is 0 Å². The van der Waals surface area contributed by atoms with Crippen LogP contribution in [0.4, 0.5) is 0 Å². The minimum atomic E-state index is -0.456. The summed E-state index contributed by atoms with van der Waals surface area (Å²) in [4.78, 5) is 10.9. The second kappa shape index (κ2) is 13.0. The van der Waals surface area contributed by atoms with Gasteiger partial charge in [-0.2, -0.15) is 0 Å². The molecule has 1 unspecified atom stereocenters. The molecule has 10 aromatic carbocycles. The third kappa shape index (κ3) is 5.12. The van der Waals surface area contributed by atoms with Gasteiger partial charge in [-0.15, -0.1) is 0 Å². The van der Waals surface area contributed by atoms with Crippen LogP contribution in [-0.2, 0) is 0 Å². The number of nitrogens with zero attached hydrogens (tertiary/aromatic N) is 3. The summed E-state index contributed by atoms with van der Waals surface area (Å²) >= 11 is 0. The number of hydrogen-bond donors (Lipinski definition) is 1. The van der Waals surface area contributed by atoms with Gasteiger partial charge in [0.2, 0.25) is 0 Å². The molecule has 3 aromatic heterocycles. The van der Waals surface area contributed by atoms with Crippen LogP contribution in [0.3, 0.4) is 0 Å². The van der Waals surface area contributed by atoms with Crippen LogP contribution in [-0.4, -0.2) is 16.2 Å². The number of aromatic nitrogens is 1. The predicted octanol–water partition coefficient (Wildman–Crippen LogP) is 14.5. The van der Waals surface area contributed by atoms with Crippen molar-refractivity contribution >= 4 is 110 Å². The fourth-order valence-electron chi connectivity index (χ4n) is 10.1. The summed E-state index contributed by atoms with van der Waals surface area (Å²) in [5.41, 5.74) is 9.34. The molecule has 0 amide bonds. The molecule has 6 heteroatoms. The Kier molecular flexibility index (Phi) is 7.07. The van der Waals surface area contributed by atoms with E-state index in [0.717, 1.165) is 98.8 Å². The molecule has 0 bridgehead atoms. The van der Waals surface area contributed by atoms with Gasteiger partial charge in [-0.25, -0.2) is 9.98 Å². The average Bonchev–Trinajstić information content (AvgIpc) is 4.02. The fourth-order valence-corrected chi connectivity index (χ4v) is 10.1. The van der Waals surface area contributed by atoms with Gasteiger partial charge in [0.25, 0.3) is 0 Å². The zero-order valence-corrected chi connectivity index (χ0v) is 33.7. The van der Waals surface area contributed by atoms with Crippen LogP contribution in [0.15, 0.2) is 213 Å². The Balaban J connectivity index is 1.07. The summed E-state index contributed by atoms with van der Waals surface area (Å²) in [5, 5.41) is 17.3. The van der Waals surface area contributed by atoms with Gasteiger partial charge in [-0.05, 0) is 75.5 Å². The number of para-hydroxylation sites is 2. The van der Waals surface area contributed by atoms with Crippen LogP contribution in [0, 0.1) is 0 Å². The molecule has 0 saturated heterocycles. The zero-order valence-electron chi connectivity index (χ0n) is 33.7. The maximum Gasteiger partial charge on any atom is 0.159 e. The topological polar surface area (TPSA) is 68.0 Å². The molecule has 0 radical (unpaired) electrons. The van der Waals surface area contributed by atoms with Gasteiger partial charge in [0.15, 0.2) is 5.84 Å². The van der Waals surface area contributed by atoms with E-state index in [-0.39, 0.29) is 0 Å². The van der Waals surface area contributed by atoms with E-state index in [1.165, 1.54) is 21.5 Å². The van der Waals surface area contributed by atoms with E-state index < -0.39 is 6.17 Å². The van der Waals surface area contributed by atoms with Crippen LogP contribution in [0.5, 0.6) is 0 Å². The first-order chi connectivity index (χ1) is 31.2. The van der Waals surface area contributed by atoms with Crippen molar-refractivity contribution in [3.8, 4) is 5.69 Å². The molecule has 14 rings (SSSR count). The fraction of sp³-hybridized carbons (Fsp3) is 0.0175. The Hall–Kier alpha value is -8.48. The predicted molar refractivity (Wildman–Crippen MR) is 260 cm³/mol. The average molecular weight is 807 g/mol. The van der Waals surface area contributed by atoms with Gasteiger partial charge < -0.3 is 18.7 Å². The number of furan rings is 2. The molecule has 4 heterocycles. The minimum Gasteiger partial charge on any atom is -0.456 e. The van der Waals surface area contributed by atoms with Crippen molar-refractivity contribution in [3.63, 3.8) is 0 Å². The first kappa shape index (κ1) is 34.3. The summed E-state index contributed by atoms with van der Waals surface area (Å²) in [6.07, 6.45) is -0.456. The number of benzene rings is 10. The summed E-state index contributed by atoms with van der Waals surface area (Å²) in [6.45, 7) is 0. The van der Waals surface area contributed by atoms with Crippen LogP contribution >= 0.6 is 0 Å². The molecule has 63 heavy (non-hydrogen) atoms. The highest BCUT2D eigenvalue weighted by Gasteiger charge is 2.27. The van der Waals surface area contributed by atoms with Crippen molar-refractivity contribution in [3.05, 3.63) is 211 Å². The Morgan fingerprint density at radius 1 is 0.444 bits per heavy atom. The Labute approximate surface area is 359 Å². The van der Waals surface area contributed by atoms with Crippen molar-refractivity contribution < 1.29 is 8.83 Å². The number of rotatable bonds is 4. The summed E-state index contributed by atoms with van der Waals surface area (Å²) in [5.74, 6) is 1.32. The van der Waals surface area contributed by atoms with Crippen LogP contribution in [0.1, 0.15) is 22.9 Å².